The fraction of sp³-hybridized carbons (Fsp3) is 0.344. The van der Waals surface area contributed by atoms with E-state index in [2.05, 4.69) is 94.4 Å². The molecule has 1 nitrogen and oxygen atoms in total. The molecule has 0 N–H and O–H groups in total. The van der Waals surface area contributed by atoms with Crippen molar-refractivity contribution in [1.29, 1.82) is 0 Å². The Labute approximate surface area is 197 Å². The van der Waals surface area contributed by atoms with Crippen LogP contribution in [0.2, 0.25) is 0 Å². The normalized spacial score (nSPS) is 18.8. The zero-order chi connectivity index (χ0) is 22.8. The monoisotopic (exact) mass is 431 g/mol. The molecular weight excluding hydrogens is 398 g/mol. The van der Waals surface area contributed by atoms with Gasteiger partial charge in [0.1, 0.15) is 0 Å². The van der Waals surface area contributed by atoms with Crippen molar-refractivity contribution < 1.29 is 0 Å². The van der Waals surface area contributed by atoms with Crippen LogP contribution in [-0.2, 0) is 5.41 Å². The first-order valence-corrected chi connectivity index (χ1v) is 12.5. The first-order valence-electron chi connectivity index (χ1n) is 12.5. The molecule has 166 valence electrons. The maximum atomic E-state index is 4.86. The maximum Gasteiger partial charge on any atom is 0.0780 e. The SMILES string of the molecule is CC1(C)CCC(c2ccc3c(-c4ccc5c(c4)C(C)(C)c4ccccc4-5)nccc3c2)CC1. The summed E-state index contributed by atoms with van der Waals surface area (Å²) in [6, 6.07) is 25.1. The average Bonchev–Trinajstić information content (AvgIpc) is 3.05. The summed E-state index contributed by atoms with van der Waals surface area (Å²) < 4.78 is 0. The first kappa shape index (κ1) is 20.7. The third-order valence-corrected chi connectivity index (χ3v) is 8.46. The van der Waals surface area contributed by atoms with Crippen molar-refractivity contribution in [3.63, 3.8) is 0 Å². The van der Waals surface area contributed by atoms with Gasteiger partial charge in [0.15, 0.2) is 0 Å². The van der Waals surface area contributed by atoms with Crippen LogP contribution in [0, 0.1) is 5.41 Å². The van der Waals surface area contributed by atoms with Gasteiger partial charge in [-0.05, 0) is 82.4 Å². The van der Waals surface area contributed by atoms with Crippen molar-refractivity contribution in [1.82, 2.24) is 4.98 Å². The fourth-order valence-electron chi connectivity index (χ4n) is 6.26. The van der Waals surface area contributed by atoms with Crippen molar-refractivity contribution in [3.05, 3.63) is 89.6 Å². The van der Waals surface area contributed by atoms with Crippen molar-refractivity contribution in [2.24, 2.45) is 5.41 Å². The van der Waals surface area contributed by atoms with Crippen LogP contribution >= 0.6 is 0 Å². The van der Waals surface area contributed by atoms with Crippen LogP contribution in [0.25, 0.3) is 33.2 Å². The molecule has 1 saturated carbocycles. The summed E-state index contributed by atoms with van der Waals surface area (Å²) in [6.45, 7) is 9.52. The lowest BCUT2D eigenvalue weighted by Gasteiger charge is -2.34. The second-order valence-corrected chi connectivity index (χ2v) is 11.5. The summed E-state index contributed by atoms with van der Waals surface area (Å²) in [7, 11) is 0. The van der Waals surface area contributed by atoms with Crippen LogP contribution < -0.4 is 0 Å². The van der Waals surface area contributed by atoms with Crippen LogP contribution in [0.3, 0.4) is 0 Å². The molecule has 1 heterocycles. The van der Waals surface area contributed by atoms with Gasteiger partial charge in [-0.1, -0.05) is 82.3 Å². The Morgan fingerprint density at radius 2 is 1.52 bits per heavy atom. The Balaban J connectivity index is 1.40. The second-order valence-electron chi connectivity index (χ2n) is 11.5. The summed E-state index contributed by atoms with van der Waals surface area (Å²) in [5.41, 5.74) is 9.88. The Morgan fingerprint density at radius 1 is 0.758 bits per heavy atom. The molecular formula is C32H33N. The van der Waals surface area contributed by atoms with E-state index >= 15 is 0 Å². The molecule has 0 aliphatic heterocycles. The van der Waals surface area contributed by atoms with E-state index in [1.165, 1.54) is 69.8 Å². The van der Waals surface area contributed by atoms with Gasteiger partial charge in [0.2, 0.25) is 0 Å². The van der Waals surface area contributed by atoms with E-state index < -0.39 is 0 Å². The van der Waals surface area contributed by atoms with Crippen LogP contribution in [0.5, 0.6) is 0 Å². The number of rotatable bonds is 2. The molecule has 33 heavy (non-hydrogen) atoms. The minimum Gasteiger partial charge on any atom is -0.256 e. The van der Waals surface area contributed by atoms with E-state index in [4.69, 9.17) is 4.98 Å². The van der Waals surface area contributed by atoms with Gasteiger partial charge in [-0.15, -0.1) is 0 Å². The number of aromatic nitrogens is 1. The van der Waals surface area contributed by atoms with E-state index in [1.807, 2.05) is 6.20 Å². The fourth-order valence-corrected chi connectivity index (χ4v) is 6.26. The van der Waals surface area contributed by atoms with Gasteiger partial charge in [0.05, 0.1) is 5.69 Å². The van der Waals surface area contributed by atoms with E-state index in [0.717, 1.165) is 5.69 Å². The number of hydrogen-bond acceptors (Lipinski definition) is 1. The number of benzene rings is 3. The Kier molecular flexibility index (Phi) is 4.56. The quantitative estimate of drug-likeness (QED) is 0.309. The maximum absolute atomic E-state index is 4.86. The Morgan fingerprint density at radius 3 is 2.33 bits per heavy atom. The van der Waals surface area contributed by atoms with Crippen molar-refractivity contribution >= 4 is 10.8 Å². The predicted octanol–water partition coefficient (Wildman–Crippen LogP) is 8.89. The van der Waals surface area contributed by atoms with Crippen LogP contribution in [0.15, 0.2) is 72.9 Å². The summed E-state index contributed by atoms with van der Waals surface area (Å²) >= 11 is 0. The van der Waals surface area contributed by atoms with Gasteiger partial charge in [0.25, 0.3) is 0 Å². The van der Waals surface area contributed by atoms with Gasteiger partial charge in [-0.25, -0.2) is 0 Å². The molecule has 1 fully saturated rings. The standard InChI is InChI=1S/C32H33N/c1-31(2)16-13-21(14-17-31)22-9-11-25-23(19-22)15-18-33-30(25)24-10-12-27-26-7-5-6-8-28(26)32(3,4)29(27)20-24/h5-12,15,18-21H,13-14,16-17H2,1-4H3. The van der Waals surface area contributed by atoms with Gasteiger partial charge in [-0.2, -0.15) is 0 Å². The third kappa shape index (κ3) is 3.32. The average molecular weight is 432 g/mol. The highest BCUT2D eigenvalue weighted by molar-refractivity contribution is 5.96. The molecule has 2 aliphatic rings. The minimum atomic E-state index is 0.00838. The van der Waals surface area contributed by atoms with E-state index in [9.17, 15) is 0 Å². The molecule has 4 aromatic rings. The molecule has 0 radical (unpaired) electrons. The molecule has 0 atom stereocenters. The number of fused-ring (bicyclic) bond motifs is 4. The van der Waals surface area contributed by atoms with Crippen molar-refractivity contribution in [3.8, 4) is 22.4 Å². The van der Waals surface area contributed by atoms with Gasteiger partial charge in [-0.3, -0.25) is 4.98 Å². The van der Waals surface area contributed by atoms with E-state index in [-0.39, 0.29) is 5.41 Å². The van der Waals surface area contributed by atoms with Gasteiger partial charge < -0.3 is 0 Å². The van der Waals surface area contributed by atoms with Gasteiger partial charge in [0, 0.05) is 22.6 Å². The molecule has 2 aliphatic carbocycles. The summed E-state index contributed by atoms with van der Waals surface area (Å²) in [4.78, 5) is 4.86. The molecule has 1 aromatic heterocycles. The second kappa shape index (κ2) is 7.29. The molecule has 6 rings (SSSR count). The minimum absolute atomic E-state index is 0.00838. The first-order chi connectivity index (χ1) is 15.8. The molecule has 0 spiro atoms. The lowest BCUT2D eigenvalue weighted by molar-refractivity contribution is 0.224. The number of pyridine rings is 1. The molecule has 3 aromatic carbocycles. The van der Waals surface area contributed by atoms with Gasteiger partial charge >= 0.3 is 0 Å². The molecule has 0 saturated heterocycles. The highest BCUT2D eigenvalue weighted by Crippen LogP contribution is 2.49. The van der Waals surface area contributed by atoms with E-state index in [0.29, 0.717) is 11.3 Å². The highest BCUT2D eigenvalue weighted by atomic mass is 14.7. The molecule has 1 heteroatoms. The summed E-state index contributed by atoms with van der Waals surface area (Å²) in [6.07, 6.45) is 7.24. The van der Waals surface area contributed by atoms with Crippen LogP contribution in [-0.4, -0.2) is 4.98 Å². The lowest BCUT2D eigenvalue weighted by Crippen LogP contribution is -2.20. The number of nitrogens with zero attached hydrogens (tertiary/aromatic N) is 1. The highest BCUT2D eigenvalue weighted by Gasteiger charge is 2.35. The predicted molar refractivity (Wildman–Crippen MR) is 140 cm³/mol. The van der Waals surface area contributed by atoms with Crippen molar-refractivity contribution in [2.45, 2.75) is 64.7 Å². The zero-order valence-electron chi connectivity index (χ0n) is 20.3. The summed E-state index contributed by atoms with van der Waals surface area (Å²) in [5.74, 6) is 0.693. The third-order valence-electron chi connectivity index (χ3n) is 8.46. The lowest BCUT2D eigenvalue weighted by atomic mass is 9.71. The van der Waals surface area contributed by atoms with Crippen molar-refractivity contribution in [2.75, 3.05) is 0 Å². The zero-order valence-corrected chi connectivity index (χ0v) is 20.3. The Hall–Kier alpha value is -2.93. The molecule has 0 bridgehead atoms. The van der Waals surface area contributed by atoms with E-state index in [1.54, 1.807) is 0 Å². The molecule has 0 unspecified atom stereocenters. The topological polar surface area (TPSA) is 12.9 Å². The smallest absolute Gasteiger partial charge is 0.0780 e. The Bertz CT molecular complexity index is 1360. The summed E-state index contributed by atoms with van der Waals surface area (Å²) in [5, 5.41) is 2.57. The molecule has 0 amide bonds. The van der Waals surface area contributed by atoms with Crippen LogP contribution in [0.1, 0.15) is 76.0 Å². The van der Waals surface area contributed by atoms with Crippen LogP contribution in [0.4, 0.5) is 0 Å². The number of hydrogen-bond donors (Lipinski definition) is 0. The largest absolute Gasteiger partial charge is 0.256 e.